The number of aryl methyl sites for hydroxylation is 1. The Bertz CT molecular complexity index is 921. The van der Waals surface area contributed by atoms with E-state index >= 15 is 0 Å². The lowest BCUT2D eigenvalue weighted by molar-refractivity contribution is -0.119. The SMILES string of the molecule is Cc1ccc(-c2nc(C(=O)OCC(=O)Nc3ccc(F)cc3)cs2)cc1. The third kappa shape index (κ3) is 4.52. The number of anilines is 1. The predicted octanol–water partition coefficient (Wildman–Crippen LogP) is 4.05. The van der Waals surface area contributed by atoms with Gasteiger partial charge >= 0.3 is 5.97 Å². The lowest BCUT2D eigenvalue weighted by Gasteiger charge is -2.05. The summed E-state index contributed by atoms with van der Waals surface area (Å²) in [5.74, 6) is -1.59. The third-order valence-corrected chi connectivity index (χ3v) is 4.37. The lowest BCUT2D eigenvalue weighted by Crippen LogP contribution is -2.21. The second kappa shape index (κ2) is 7.88. The molecule has 0 bridgehead atoms. The van der Waals surface area contributed by atoms with Gasteiger partial charge in [0.25, 0.3) is 5.91 Å². The van der Waals surface area contributed by atoms with Crippen molar-refractivity contribution in [1.82, 2.24) is 4.98 Å². The number of nitrogens with one attached hydrogen (secondary N) is 1. The molecule has 0 fully saturated rings. The Morgan fingerprint density at radius 3 is 2.50 bits per heavy atom. The van der Waals surface area contributed by atoms with E-state index in [1.807, 2.05) is 31.2 Å². The zero-order chi connectivity index (χ0) is 18.5. The van der Waals surface area contributed by atoms with Gasteiger partial charge in [-0.25, -0.2) is 14.2 Å². The zero-order valence-corrected chi connectivity index (χ0v) is 14.7. The van der Waals surface area contributed by atoms with Crippen LogP contribution in [0.5, 0.6) is 0 Å². The summed E-state index contributed by atoms with van der Waals surface area (Å²) in [5, 5.41) is 4.81. The predicted molar refractivity (Wildman–Crippen MR) is 97.6 cm³/mol. The van der Waals surface area contributed by atoms with Gasteiger partial charge in [0.1, 0.15) is 10.8 Å². The van der Waals surface area contributed by atoms with Crippen LogP contribution >= 0.6 is 11.3 Å². The Hall–Kier alpha value is -3.06. The van der Waals surface area contributed by atoms with Crippen molar-refractivity contribution in [1.29, 1.82) is 0 Å². The average Bonchev–Trinajstić information content (AvgIpc) is 3.12. The highest BCUT2D eigenvalue weighted by molar-refractivity contribution is 7.13. The smallest absolute Gasteiger partial charge is 0.358 e. The molecule has 26 heavy (non-hydrogen) atoms. The molecule has 0 aliphatic rings. The van der Waals surface area contributed by atoms with E-state index in [-0.39, 0.29) is 5.69 Å². The molecule has 1 aromatic heterocycles. The number of halogens is 1. The average molecular weight is 370 g/mol. The van der Waals surface area contributed by atoms with Gasteiger partial charge in [-0.3, -0.25) is 4.79 Å². The van der Waals surface area contributed by atoms with Crippen LogP contribution in [0.3, 0.4) is 0 Å². The Morgan fingerprint density at radius 2 is 1.81 bits per heavy atom. The number of esters is 1. The number of amides is 1. The van der Waals surface area contributed by atoms with Crippen molar-refractivity contribution in [3.63, 3.8) is 0 Å². The molecule has 0 saturated carbocycles. The van der Waals surface area contributed by atoms with Crippen molar-refractivity contribution in [2.45, 2.75) is 6.92 Å². The van der Waals surface area contributed by atoms with Crippen molar-refractivity contribution in [3.8, 4) is 10.6 Å². The van der Waals surface area contributed by atoms with Gasteiger partial charge in [0.15, 0.2) is 12.3 Å². The summed E-state index contributed by atoms with van der Waals surface area (Å²) in [6.07, 6.45) is 0. The molecule has 1 amide bonds. The molecule has 0 saturated heterocycles. The lowest BCUT2D eigenvalue weighted by atomic mass is 10.2. The summed E-state index contributed by atoms with van der Waals surface area (Å²) in [6, 6.07) is 13.1. The van der Waals surface area contributed by atoms with Crippen LogP contribution in [0.25, 0.3) is 10.6 Å². The number of hydrogen-bond donors (Lipinski definition) is 1. The van der Waals surface area contributed by atoms with Gasteiger partial charge in [-0.2, -0.15) is 0 Å². The largest absolute Gasteiger partial charge is 0.451 e. The van der Waals surface area contributed by atoms with Crippen molar-refractivity contribution in [2.24, 2.45) is 0 Å². The van der Waals surface area contributed by atoms with Crippen LogP contribution in [0, 0.1) is 12.7 Å². The fraction of sp³-hybridized carbons (Fsp3) is 0.105. The third-order valence-electron chi connectivity index (χ3n) is 3.47. The molecule has 0 radical (unpaired) electrons. The van der Waals surface area contributed by atoms with E-state index in [1.54, 1.807) is 5.38 Å². The van der Waals surface area contributed by atoms with E-state index < -0.39 is 24.3 Å². The van der Waals surface area contributed by atoms with Crippen LogP contribution in [0.15, 0.2) is 53.9 Å². The highest BCUT2D eigenvalue weighted by Gasteiger charge is 2.15. The Morgan fingerprint density at radius 1 is 1.12 bits per heavy atom. The summed E-state index contributed by atoms with van der Waals surface area (Å²) in [6.45, 7) is 1.54. The van der Waals surface area contributed by atoms with Gasteiger partial charge in [0.05, 0.1) is 0 Å². The van der Waals surface area contributed by atoms with Crippen LogP contribution in [-0.4, -0.2) is 23.5 Å². The highest BCUT2D eigenvalue weighted by atomic mass is 32.1. The van der Waals surface area contributed by atoms with Gasteiger partial charge in [0, 0.05) is 16.6 Å². The van der Waals surface area contributed by atoms with Crippen LogP contribution in [0.4, 0.5) is 10.1 Å². The van der Waals surface area contributed by atoms with Crippen LogP contribution in [0.2, 0.25) is 0 Å². The summed E-state index contributed by atoms with van der Waals surface area (Å²) in [4.78, 5) is 28.1. The van der Waals surface area contributed by atoms with Gasteiger partial charge in [-0.05, 0) is 31.2 Å². The Labute approximate surface area is 153 Å². The molecule has 3 rings (SSSR count). The number of benzene rings is 2. The minimum absolute atomic E-state index is 0.153. The summed E-state index contributed by atoms with van der Waals surface area (Å²) >= 11 is 1.33. The number of aromatic nitrogens is 1. The standard InChI is InChI=1S/C19H15FN2O3S/c1-12-2-4-13(5-3-12)18-22-16(11-26-18)19(24)25-10-17(23)21-15-8-6-14(20)7-9-15/h2-9,11H,10H2,1H3,(H,21,23). The van der Waals surface area contributed by atoms with E-state index in [0.29, 0.717) is 10.7 Å². The summed E-state index contributed by atoms with van der Waals surface area (Å²) < 4.78 is 17.8. The van der Waals surface area contributed by atoms with Gasteiger partial charge in [-0.1, -0.05) is 29.8 Å². The van der Waals surface area contributed by atoms with Crippen molar-refractivity contribution in [2.75, 3.05) is 11.9 Å². The van der Waals surface area contributed by atoms with Crippen molar-refractivity contribution in [3.05, 3.63) is 71.0 Å². The number of thiazole rings is 1. The Balaban J connectivity index is 1.55. The van der Waals surface area contributed by atoms with Gasteiger partial charge in [0.2, 0.25) is 0 Å². The first-order valence-corrected chi connectivity index (χ1v) is 8.64. The van der Waals surface area contributed by atoms with Crippen LogP contribution in [0.1, 0.15) is 16.1 Å². The van der Waals surface area contributed by atoms with Crippen LogP contribution < -0.4 is 5.32 Å². The number of nitrogens with zero attached hydrogens (tertiary/aromatic N) is 1. The second-order valence-electron chi connectivity index (χ2n) is 5.54. The van der Waals surface area contributed by atoms with E-state index in [0.717, 1.165) is 11.1 Å². The van der Waals surface area contributed by atoms with E-state index in [4.69, 9.17) is 4.74 Å². The fourth-order valence-electron chi connectivity index (χ4n) is 2.13. The normalized spacial score (nSPS) is 10.4. The molecule has 1 N–H and O–H groups in total. The molecular formula is C19H15FN2O3S. The first kappa shape index (κ1) is 17.8. The number of carbonyl (C=O) groups is 2. The highest BCUT2D eigenvalue weighted by Crippen LogP contribution is 2.24. The molecular weight excluding hydrogens is 355 g/mol. The fourth-order valence-corrected chi connectivity index (χ4v) is 2.93. The van der Waals surface area contributed by atoms with Crippen LogP contribution in [-0.2, 0) is 9.53 Å². The topological polar surface area (TPSA) is 68.3 Å². The quantitative estimate of drug-likeness (QED) is 0.688. The number of ether oxygens (including phenoxy) is 1. The number of rotatable bonds is 5. The first-order chi connectivity index (χ1) is 12.5. The van der Waals surface area contributed by atoms with Crippen molar-refractivity contribution < 1.29 is 18.7 Å². The molecule has 2 aromatic carbocycles. The molecule has 1 heterocycles. The molecule has 5 nitrogen and oxygen atoms in total. The van der Waals surface area contributed by atoms with Gasteiger partial charge in [-0.15, -0.1) is 11.3 Å². The Kier molecular flexibility index (Phi) is 5.38. The monoisotopic (exact) mass is 370 g/mol. The second-order valence-corrected chi connectivity index (χ2v) is 6.39. The maximum atomic E-state index is 12.8. The van der Waals surface area contributed by atoms with E-state index in [2.05, 4.69) is 10.3 Å². The minimum atomic E-state index is -0.672. The van der Waals surface area contributed by atoms with E-state index in [9.17, 15) is 14.0 Å². The minimum Gasteiger partial charge on any atom is -0.451 e. The van der Waals surface area contributed by atoms with Gasteiger partial charge < -0.3 is 10.1 Å². The summed E-state index contributed by atoms with van der Waals surface area (Å²) in [5.41, 5.74) is 2.62. The molecule has 0 unspecified atom stereocenters. The number of hydrogen-bond acceptors (Lipinski definition) is 5. The number of carbonyl (C=O) groups excluding carboxylic acids is 2. The molecule has 7 heteroatoms. The molecule has 3 aromatic rings. The molecule has 132 valence electrons. The maximum Gasteiger partial charge on any atom is 0.358 e. The molecule has 0 aliphatic carbocycles. The molecule has 0 spiro atoms. The molecule has 0 atom stereocenters. The zero-order valence-electron chi connectivity index (χ0n) is 13.9. The first-order valence-electron chi connectivity index (χ1n) is 7.76. The van der Waals surface area contributed by atoms with Crippen molar-refractivity contribution >= 4 is 28.9 Å². The maximum absolute atomic E-state index is 12.8. The summed E-state index contributed by atoms with van der Waals surface area (Å²) in [7, 11) is 0. The molecule has 0 aliphatic heterocycles. The van der Waals surface area contributed by atoms with E-state index in [1.165, 1.54) is 35.6 Å².